The largest absolute Gasteiger partial charge is 0.507 e. The number of ketones is 1. The maximum Gasteiger partial charge on any atom is 0.295 e. The summed E-state index contributed by atoms with van der Waals surface area (Å²) in [5.74, 6) is -1.75. The average Bonchev–Trinajstić information content (AvgIpc) is 3.10. The minimum Gasteiger partial charge on any atom is -0.507 e. The highest BCUT2D eigenvalue weighted by atomic mass is 19.1. The lowest BCUT2D eigenvalue weighted by Gasteiger charge is -2.29. The molecule has 8 heteroatoms. The Morgan fingerprint density at radius 2 is 1.89 bits per heavy atom. The molecule has 1 amide bonds. The zero-order valence-corrected chi connectivity index (χ0v) is 20.1. The Bertz CT molecular complexity index is 1130. The molecule has 35 heavy (non-hydrogen) atoms. The highest BCUT2D eigenvalue weighted by Crippen LogP contribution is 2.41. The van der Waals surface area contributed by atoms with Gasteiger partial charge in [-0.1, -0.05) is 18.2 Å². The van der Waals surface area contributed by atoms with Gasteiger partial charge in [0.1, 0.15) is 17.3 Å². The molecule has 2 heterocycles. The van der Waals surface area contributed by atoms with Crippen LogP contribution < -0.4 is 4.74 Å². The number of rotatable bonds is 8. The standard InChI is InChI=1S/C27H31FN2O5/c1-3-35-19-9-10-20(18(2)17-19)25(31)23-24(21-7-4-5-8-22(21)28)30(27(33)26(23)32)12-6-11-29-13-15-34-16-14-29/h4-5,7-10,17,24,31H,3,6,11-16H2,1-2H3. The summed E-state index contributed by atoms with van der Waals surface area (Å²) < 4.78 is 25.8. The third-order valence-corrected chi connectivity index (χ3v) is 6.48. The number of aliphatic hydroxyl groups is 1. The maximum absolute atomic E-state index is 14.9. The molecule has 0 spiro atoms. The van der Waals surface area contributed by atoms with Crippen LogP contribution in [0.1, 0.15) is 36.1 Å². The van der Waals surface area contributed by atoms with Crippen LogP contribution in [0.3, 0.4) is 0 Å². The first-order chi connectivity index (χ1) is 16.9. The summed E-state index contributed by atoms with van der Waals surface area (Å²) in [4.78, 5) is 29.9. The number of nitrogens with zero attached hydrogens (tertiary/aromatic N) is 2. The summed E-state index contributed by atoms with van der Waals surface area (Å²) in [7, 11) is 0. The van der Waals surface area contributed by atoms with Gasteiger partial charge in [-0.25, -0.2) is 4.39 Å². The van der Waals surface area contributed by atoms with Crippen LogP contribution in [-0.4, -0.2) is 72.6 Å². The zero-order valence-electron chi connectivity index (χ0n) is 20.1. The first kappa shape index (κ1) is 24.9. The van der Waals surface area contributed by atoms with Crippen molar-refractivity contribution in [1.29, 1.82) is 0 Å². The number of halogens is 1. The second-order valence-corrected chi connectivity index (χ2v) is 8.73. The van der Waals surface area contributed by atoms with Crippen molar-refractivity contribution < 1.29 is 28.6 Å². The predicted octanol–water partition coefficient (Wildman–Crippen LogP) is 3.68. The predicted molar refractivity (Wildman–Crippen MR) is 130 cm³/mol. The average molecular weight is 483 g/mol. The van der Waals surface area contributed by atoms with Crippen molar-refractivity contribution in [2.24, 2.45) is 0 Å². The summed E-state index contributed by atoms with van der Waals surface area (Å²) in [5, 5.41) is 11.3. The van der Waals surface area contributed by atoms with Crippen LogP contribution in [0, 0.1) is 12.7 Å². The number of aliphatic hydroxyl groups excluding tert-OH is 1. The molecule has 2 aromatic rings. The van der Waals surface area contributed by atoms with Crippen LogP contribution >= 0.6 is 0 Å². The molecular formula is C27H31FN2O5. The number of carbonyl (C=O) groups excluding carboxylic acids is 2. The van der Waals surface area contributed by atoms with Gasteiger partial charge >= 0.3 is 0 Å². The molecule has 0 bridgehead atoms. The van der Waals surface area contributed by atoms with Crippen molar-refractivity contribution in [2.45, 2.75) is 26.3 Å². The number of hydrogen-bond donors (Lipinski definition) is 1. The molecule has 2 fully saturated rings. The Morgan fingerprint density at radius 3 is 2.57 bits per heavy atom. The number of benzene rings is 2. The zero-order chi connectivity index (χ0) is 24.9. The van der Waals surface area contributed by atoms with E-state index in [1.54, 1.807) is 43.3 Å². The molecule has 2 aromatic carbocycles. The SMILES string of the molecule is CCOc1ccc(C(O)=C2C(=O)C(=O)N(CCCN3CCOCC3)C2c2ccccc2F)c(C)c1. The van der Waals surface area contributed by atoms with Gasteiger partial charge in [-0.05, 0) is 50.1 Å². The molecule has 0 aromatic heterocycles. The first-order valence-electron chi connectivity index (χ1n) is 12.0. The molecule has 1 N–H and O–H groups in total. The number of Topliss-reactive ketones (excluding diaryl/α,β-unsaturated/α-hetero) is 1. The summed E-state index contributed by atoms with van der Waals surface area (Å²) in [6, 6.07) is 10.2. The monoisotopic (exact) mass is 482 g/mol. The van der Waals surface area contributed by atoms with Gasteiger partial charge in [0.25, 0.3) is 11.7 Å². The van der Waals surface area contributed by atoms with Crippen LogP contribution in [-0.2, 0) is 14.3 Å². The normalized spacial score (nSPS) is 20.4. The van der Waals surface area contributed by atoms with Crippen molar-refractivity contribution in [3.8, 4) is 5.75 Å². The minimum absolute atomic E-state index is 0.0984. The van der Waals surface area contributed by atoms with Gasteiger partial charge < -0.3 is 19.5 Å². The molecule has 0 radical (unpaired) electrons. The van der Waals surface area contributed by atoms with Crippen LogP contribution in [0.5, 0.6) is 5.75 Å². The highest BCUT2D eigenvalue weighted by molar-refractivity contribution is 6.46. The fourth-order valence-electron chi connectivity index (χ4n) is 4.72. The van der Waals surface area contributed by atoms with Crippen molar-refractivity contribution in [3.05, 3.63) is 70.5 Å². The number of ether oxygens (including phenoxy) is 2. The van der Waals surface area contributed by atoms with E-state index in [9.17, 15) is 19.1 Å². The molecule has 7 nitrogen and oxygen atoms in total. The number of morpholine rings is 1. The Balaban J connectivity index is 1.70. The van der Waals surface area contributed by atoms with Gasteiger partial charge in [0.15, 0.2) is 0 Å². The Hall–Kier alpha value is -3.23. The van der Waals surface area contributed by atoms with Gasteiger partial charge in [-0.3, -0.25) is 14.5 Å². The molecule has 1 atom stereocenters. The van der Waals surface area contributed by atoms with E-state index in [0.717, 1.165) is 19.6 Å². The summed E-state index contributed by atoms with van der Waals surface area (Å²) >= 11 is 0. The van der Waals surface area contributed by atoms with Crippen molar-refractivity contribution in [2.75, 3.05) is 46.0 Å². The number of hydrogen-bond acceptors (Lipinski definition) is 6. The molecular weight excluding hydrogens is 451 g/mol. The number of likely N-dealkylation sites (tertiary alicyclic amines) is 1. The second-order valence-electron chi connectivity index (χ2n) is 8.73. The third kappa shape index (κ3) is 5.23. The fraction of sp³-hybridized carbons (Fsp3) is 0.407. The minimum atomic E-state index is -1.01. The number of aryl methyl sites for hydroxylation is 1. The van der Waals surface area contributed by atoms with Crippen molar-refractivity contribution in [1.82, 2.24) is 9.80 Å². The quantitative estimate of drug-likeness (QED) is 0.351. The molecule has 0 aliphatic carbocycles. The van der Waals surface area contributed by atoms with E-state index >= 15 is 0 Å². The summed E-state index contributed by atoms with van der Waals surface area (Å²) in [6.07, 6.45) is 0.611. The molecule has 1 unspecified atom stereocenters. The van der Waals surface area contributed by atoms with E-state index in [1.807, 2.05) is 6.92 Å². The van der Waals surface area contributed by atoms with Crippen molar-refractivity contribution >= 4 is 17.4 Å². The first-order valence-corrected chi connectivity index (χ1v) is 12.0. The lowest BCUT2D eigenvalue weighted by atomic mass is 9.93. The summed E-state index contributed by atoms with van der Waals surface area (Å²) in [5.41, 5.74) is 1.17. The van der Waals surface area contributed by atoms with E-state index in [4.69, 9.17) is 9.47 Å². The Morgan fingerprint density at radius 1 is 1.14 bits per heavy atom. The van der Waals surface area contributed by atoms with Gasteiger partial charge in [0.2, 0.25) is 0 Å². The van der Waals surface area contributed by atoms with E-state index < -0.39 is 23.5 Å². The Labute approximate surface area is 204 Å². The fourth-order valence-corrected chi connectivity index (χ4v) is 4.72. The lowest BCUT2D eigenvalue weighted by molar-refractivity contribution is -0.140. The molecule has 2 saturated heterocycles. The topological polar surface area (TPSA) is 79.3 Å². The number of amides is 1. The third-order valence-electron chi connectivity index (χ3n) is 6.48. The van der Waals surface area contributed by atoms with Gasteiger partial charge in [-0.15, -0.1) is 0 Å². The van der Waals surface area contributed by atoms with Crippen LogP contribution in [0.25, 0.3) is 5.76 Å². The molecule has 0 saturated carbocycles. The van der Waals surface area contributed by atoms with Crippen LogP contribution in [0.15, 0.2) is 48.0 Å². The Kier molecular flexibility index (Phi) is 7.83. The van der Waals surface area contributed by atoms with Gasteiger partial charge in [0, 0.05) is 37.3 Å². The van der Waals surface area contributed by atoms with E-state index in [2.05, 4.69) is 4.90 Å². The molecule has 186 valence electrons. The molecule has 2 aliphatic heterocycles. The van der Waals surface area contributed by atoms with Crippen LogP contribution in [0.2, 0.25) is 0 Å². The van der Waals surface area contributed by atoms with E-state index in [0.29, 0.717) is 43.1 Å². The van der Waals surface area contributed by atoms with E-state index in [1.165, 1.54) is 11.0 Å². The maximum atomic E-state index is 14.9. The second kappa shape index (κ2) is 11.0. The highest BCUT2D eigenvalue weighted by Gasteiger charge is 2.46. The lowest BCUT2D eigenvalue weighted by Crippen LogP contribution is -2.39. The summed E-state index contributed by atoms with van der Waals surface area (Å²) in [6.45, 7) is 8.11. The smallest absolute Gasteiger partial charge is 0.295 e. The van der Waals surface area contributed by atoms with E-state index in [-0.39, 0.29) is 23.4 Å². The van der Waals surface area contributed by atoms with Crippen LogP contribution in [0.4, 0.5) is 4.39 Å². The number of carbonyl (C=O) groups is 2. The van der Waals surface area contributed by atoms with Crippen molar-refractivity contribution in [3.63, 3.8) is 0 Å². The molecule has 4 rings (SSSR count). The molecule has 2 aliphatic rings. The van der Waals surface area contributed by atoms with Gasteiger partial charge in [-0.2, -0.15) is 0 Å². The van der Waals surface area contributed by atoms with Gasteiger partial charge in [0.05, 0.1) is 31.4 Å².